The first-order chi connectivity index (χ1) is 12.7. The van der Waals surface area contributed by atoms with E-state index in [4.69, 9.17) is 0 Å². The van der Waals surface area contributed by atoms with E-state index < -0.39 is 0 Å². The molecule has 0 aliphatic carbocycles. The summed E-state index contributed by atoms with van der Waals surface area (Å²) in [5, 5.41) is 7.66. The van der Waals surface area contributed by atoms with Crippen LogP contribution in [0.1, 0.15) is 43.7 Å². The van der Waals surface area contributed by atoms with Crippen LogP contribution in [-0.4, -0.2) is 39.7 Å². The van der Waals surface area contributed by atoms with Gasteiger partial charge in [0, 0.05) is 37.3 Å². The summed E-state index contributed by atoms with van der Waals surface area (Å²) in [5.41, 5.74) is 3.73. The molecule has 138 valence electrons. The van der Waals surface area contributed by atoms with Crippen molar-refractivity contribution in [2.45, 2.75) is 51.6 Å². The summed E-state index contributed by atoms with van der Waals surface area (Å²) < 4.78 is 1.96. The van der Waals surface area contributed by atoms with Gasteiger partial charge in [-0.1, -0.05) is 25.5 Å². The van der Waals surface area contributed by atoms with E-state index in [0.29, 0.717) is 18.4 Å². The smallest absolute Gasteiger partial charge is 0.220 e. The fourth-order valence-electron chi connectivity index (χ4n) is 4.16. The van der Waals surface area contributed by atoms with Gasteiger partial charge in [-0.25, -0.2) is 4.68 Å². The van der Waals surface area contributed by atoms with Crippen molar-refractivity contribution in [3.8, 4) is 5.69 Å². The van der Waals surface area contributed by atoms with Gasteiger partial charge in [-0.05, 0) is 49.4 Å². The maximum Gasteiger partial charge on any atom is 0.220 e. The summed E-state index contributed by atoms with van der Waals surface area (Å²) in [6.45, 7) is 5.14. The molecular formula is C21H28N4O. The second-order valence-corrected chi connectivity index (χ2v) is 7.73. The zero-order valence-corrected chi connectivity index (χ0v) is 15.5. The number of hydrogen-bond acceptors (Lipinski definition) is 3. The van der Waals surface area contributed by atoms with Gasteiger partial charge in [0.05, 0.1) is 11.9 Å². The number of hydrogen-bond donors (Lipinski definition) is 1. The number of likely N-dealkylation sites (tertiary alicyclic amines) is 1. The summed E-state index contributed by atoms with van der Waals surface area (Å²) in [5.74, 6) is 0.754. The average molecular weight is 352 g/mol. The van der Waals surface area contributed by atoms with Crippen LogP contribution >= 0.6 is 0 Å². The number of benzene rings is 1. The van der Waals surface area contributed by atoms with Gasteiger partial charge in [-0.3, -0.25) is 9.69 Å². The molecule has 5 nitrogen and oxygen atoms in total. The fraction of sp³-hybridized carbons (Fsp3) is 0.524. The van der Waals surface area contributed by atoms with Crippen molar-refractivity contribution in [1.29, 1.82) is 0 Å². The molecule has 2 atom stereocenters. The summed E-state index contributed by atoms with van der Waals surface area (Å²) in [7, 11) is 0. The molecule has 5 heteroatoms. The third-order valence-electron chi connectivity index (χ3n) is 5.70. The van der Waals surface area contributed by atoms with Gasteiger partial charge >= 0.3 is 0 Å². The lowest BCUT2D eigenvalue weighted by Gasteiger charge is -2.34. The predicted molar refractivity (Wildman–Crippen MR) is 102 cm³/mol. The Bertz CT molecular complexity index is 752. The molecule has 1 aromatic heterocycles. The molecule has 0 bridgehead atoms. The van der Waals surface area contributed by atoms with Crippen LogP contribution in [0.3, 0.4) is 0 Å². The van der Waals surface area contributed by atoms with Crippen molar-refractivity contribution in [2.75, 3.05) is 13.1 Å². The van der Waals surface area contributed by atoms with E-state index in [1.54, 1.807) is 0 Å². The molecular weight excluding hydrogens is 324 g/mol. The Morgan fingerprint density at radius 3 is 2.88 bits per heavy atom. The van der Waals surface area contributed by atoms with E-state index in [0.717, 1.165) is 38.2 Å². The molecule has 2 aromatic rings. The Morgan fingerprint density at radius 1 is 1.23 bits per heavy atom. The van der Waals surface area contributed by atoms with Gasteiger partial charge < -0.3 is 5.32 Å². The maximum absolute atomic E-state index is 11.6. The predicted octanol–water partition coefficient (Wildman–Crippen LogP) is 2.93. The summed E-state index contributed by atoms with van der Waals surface area (Å²) in [4.78, 5) is 14.0. The van der Waals surface area contributed by atoms with Gasteiger partial charge in [0.2, 0.25) is 5.91 Å². The molecule has 1 amide bonds. The van der Waals surface area contributed by atoms with Gasteiger partial charge in [-0.2, -0.15) is 5.10 Å². The molecule has 0 radical (unpaired) electrons. The lowest BCUT2D eigenvalue weighted by molar-refractivity contribution is -0.119. The van der Waals surface area contributed by atoms with Crippen LogP contribution < -0.4 is 5.32 Å². The SMILES string of the molecule is CCCCc1ccc(-n2cc(CN3CC[C@@H]4CC(=O)N[C@@H]4C3)cn2)cc1. The number of carbonyl (C=O) groups excluding carboxylic acids is 1. The van der Waals surface area contributed by atoms with Crippen LogP contribution in [0.5, 0.6) is 0 Å². The van der Waals surface area contributed by atoms with Crippen molar-refractivity contribution in [3.05, 3.63) is 47.8 Å². The number of carbonyl (C=O) groups is 1. The zero-order chi connectivity index (χ0) is 17.9. The maximum atomic E-state index is 11.6. The van der Waals surface area contributed by atoms with E-state index in [-0.39, 0.29) is 5.91 Å². The Morgan fingerprint density at radius 2 is 2.08 bits per heavy atom. The second-order valence-electron chi connectivity index (χ2n) is 7.73. The Balaban J connectivity index is 1.36. The number of aryl methyl sites for hydroxylation is 1. The lowest BCUT2D eigenvalue weighted by Crippen LogP contribution is -2.46. The van der Waals surface area contributed by atoms with Crippen LogP contribution in [-0.2, 0) is 17.8 Å². The standard InChI is InChI=1S/C21H28N4O/c1-2-3-4-16-5-7-19(8-6-16)25-14-17(12-22-25)13-24-10-9-18-11-21(26)23-20(18)15-24/h5-8,12,14,18,20H,2-4,9-11,13,15H2,1H3,(H,23,26)/t18-,20-/m1/s1. The number of aromatic nitrogens is 2. The summed E-state index contributed by atoms with van der Waals surface area (Å²) in [6.07, 6.45) is 9.52. The molecule has 2 saturated heterocycles. The molecule has 1 N–H and O–H groups in total. The molecule has 2 fully saturated rings. The largest absolute Gasteiger partial charge is 0.352 e. The number of nitrogens with one attached hydrogen (secondary N) is 1. The van der Waals surface area contributed by atoms with E-state index >= 15 is 0 Å². The highest BCUT2D eigenvalue weighted by atomic mass is 16.2. The number of nitrogens with zero attached hydrogens (tertiary/aromatic N) is 3. The van der Waals surface area contributed by atoms with Crippen molar-refractivity contribution < 1.29 is 4.79 Å². The molecule has 0 spiro atoms. The highest BCUT2D eigenvalue weighted by Gasteiger charge is 2.36. The van der Waals surface area contributed by atoms with Crippen LogP contribution in [0.2, 0.25) is 0 Å². The Labute approximate surface area is 155 Å². The van der Waals surface area contributed by atoms with Crippen molar-refractivity contribution in [3.63, 3.8) is 0 Å². The van der Waals surface area contributed by atoms with Crippen LogP contribution in [0.4, 0.5) is 0 Å². The highest BCUT2D eigenvalue weighted by molar-refractivity contribution is 5.79. The van der Waals surface area contributed by atoms with E-state index in [1.807, 2.05) is 10.9 Å². The molecule has 0 unspecified atom stereocenters. The number of rotatable bonds is 6. The number of unbranched alkanes of at least 4 members (excludes halogenated alkanes) is 1. The minimum Gasteiger partial charge on any atom is -0.352 e. The number of amides is 1. The minimum absolute atomic E-state index is 0.219. The molecule has 4 rings (SSSR count). The van der Waals surface area contributed by atoms with Crippen molar-refractivity contribution in [1.82, 2.24) is 20.0 Å². The summed E-state index contributed by atoms with van der Waals surface area (Å²) >= 11 is 0. The topological polar surface area (TPSA) is 50.2 Å². The average Bonchev–Trinajstić information content (AvgIpc) is 3.26. The van der Waals surface area contributed by atoms with Gasteiger partial charge in [0.1, 0.15) is 0 Å². The van der Waals surface area contributed by atoms with Crippen molar-refractivity contribution >= 4 is 5.91 Å². The Kier molecular flexibility index (Phi) is 5.07. The molecule has 2 aliphatic rings. The number of fused-ring (bicyclic) bond motifs is 1. The normalized spacial score (nSPS) is 23.0. The third-order valence-corrected chi connectivity index (χ3v) is 5.70. The van der Waals surface area contributed by atoms with Crippen LogP contribution in [0, 0.1) is 5.92 Å². The van der Waals surface area contributed by atoms with Crippen LogP contribution in [0.15, 0.2) is 36.7 Å². The molecule has 1 aromatic carbocycles. The van der Waals surface area contributed by atoms with Gasteiger partial charge in [-0.15, -0.1) is 0 Å². The summed E-state index contributed by atoms with van der Waals surface area (Å²) in [6, 6.07) is 9.06. The van der Waals surface area contributed by atoms with E-state index in [1.165, 1.54) is 24.0 Å². The molecule has 3 heterocycles. The van der Waals surface area contributed by atoms with E-state index in [2.05, 4.69) is 52.7 Å². The van der Waals surface area contributed by atoms with Crippen molar-refractivity contribution in [2.24, 2.45) is 5.92 Å². The lowest BCUT2D eigenvalue weighted by atomic mass is 9.92. The van der Waals surface area contributed by atoms with E-state index in [9.17, 15) is 4.79 Å². The fourth-order valence-corrected chi connectivity index (χ4v) is 4.16. The van der Waals surface area contributed by atoms with Gasteiger partial charge in [0.15, 0.2) is 0 Å². The minimum atomic E-state index is 0.219. The zero-order valence-electron chi connectivity index (χ0n) is 15.5. The highest BCUT2D eigenvalue weighted by Crippen LogP contribution is 2.26. The number of piperidine rings is 1. The molecule has 0 saturated carbocycles. The monoisotopic (exact) mass is 352 g/mol. The van der Waals surface area contributed by atoms with Gasteiger partial charge in [0.25, 0.3) is 0 Å². The third kappa shape index (κ3) is 3.83. The first-order valence-corrected chi connectivity index (χ1v) is 9.86. The first kappa shape index (κ1) is 17.3. The van der Waals surface area contributed by atoms with Crippen LogP contribution in [0.25, 0.3) is 5.69 Å². The first-order valence-electron chi connectivity index (χ1n) is 9.86. The second kappa shape index (κ2) is 7.62. The molecule has 2 aliphatic heterocycles. The molecule has 26 heavy (non-hydrogen) atoms. The quantitative estimate of drug-likeness (QED) is 0.870. The Hall–Kier alpha value is -2.14.